The molecule has 1 unspecified atom stereocenters. The fraction of sp³-hybridized carbons (Fsp3) is 0.214. The minimum Gasteiger partial charge on any atom is -0.465 e. The van der Waals surface area contributed by atoms with Gasteiger partial charge in [0.05, 0.1) is 24.8 Å². The number of benzene rings is 1. The van der Waals surface area contributed by atoms with E-state index in [0.29, 0.717) is 0 Å². The number of amides is 1. The highest BCUT2D eigenvalue weighted by molar-refractivity contribution is 6.10. The molecule has 0 spiro atoms. The number of hydrogen-bond donors (Lipinski definition) is 1. The highest BCUT2D eigenvalue weighted by atomic mass is 16.6. The fourth-order valence-electron chi connectivity index (χ4n) is 2.34. The maximum Gasteiger partial charge on any atom is 0.416 e. The molecule has 10 nitrogen and oxygen atoms in total. The lowest BCUT2D eigenvalue weighted by molar-refractivity contribution is -0.384. The van der Waals surface area contributed by atoms with Crippen molar-refractivity contribution < 1.29 is 29.1 Å². The van der Waals surface area contributed by atoms with Gasteiger partial charge in [0.1, 0.15) is 11.6 Å². The number of hydrogen-bond acceptors (Lipinski definition) is 8. The Morgan fingerprint density at radius 2 is 2.04 bits per heavy atom. The largest absolute Gasteiger partial charge is 0.465 e. The second-order valence-corrected chi connectivity index (χ2v) is 4.56. The maximum atomic E-state index is 11.9. The molecule has 0 saturated carbocycles. The van der Waals surface area contributed by atoms with Crippen LogP contribution in [0.25, 0.3) is 5.57 Å². The van der Waals surface area contributed by atoms with Gasteiger partial charge in [-0.15, -0.1) is 0 Å². The number of carbonyl (C=O) groups excluding carboxylic acids is 2. The van der Waals surface area contributed by atoms with Crippen molar-refractivity contribution in [1.82, 2.24) is 0 Å². The van der Waals surface area contributed by atoms with Crippen molar-refractivity contribution >= 4 is 29.0 Å². The van der Waals surface area contributed by atoms with Gasteiger partial charge in [-0.1, -0.05) is 0 Å². The molecule has 1 heterocycles. The van der Waals surface area contributed by atoms with Crippen molar-refractivity contribution in [3.05, 3.63) is 39.4 Å². The molecule has 1 N–H and O–H groups in total. The average molecular weight is 333 g/mol. The number of esters is 1. The van der Waals surface area contributed by atoms with Crippen LogP contribution in [0.5, 0.6) is 0 Å². The number of rotatable bonds is 2. The van der Waals surface area contributed by atoms with E-state index >= 15 is 0 Å². The monoisotopic (exact) mass is 333 g/mol. The summed E-state index contributed by atoms with van der Waals surface area (Å²) in [6.45, 7) is 0. The van der Waals surface area contributed by atoms with Gasteiger partial charge in [0.15, 0.2) is 6.23 Å². The Morgan fingerprint density at radius 1 is 1.38 bits per heavy atom. The summed E-state index contributed by atoms with van der Waals surface area (Å²) in [5.74, 6) is -1.05. The van der Waals surface area contributed by atoms with E-state index in [0.717, 1.165) is 31.3 Å². The Balaban J connectivity index is 2.80. The fourth-order valence-corrected chi connectivity index (χ4v) is 2.34. The topological polar surface area (TPSA) is 143 Å². The third kappa shape index (κ3) is 2.53. The number of aliphatic hydroxyl groups excluding tert-OH is 1. The van der Waals surface area contributed by atoms with Crippen LogP contribution in [0.3, 0.4) is 0 Å². The van der Waals surface area contributed by atoms with Crippen LogP contribution in [0.2, 0.25) is 0 Å². The molecule has 10 heteroatoms. The molecule has 1 aromatic carbocycles. The smallest absolute Gasteiger partial charge is 0.416 e. The van der Waals surface area contributed by atoms with Crippen molar-refractivity contribution in [2.24, 2.45) is 0 Å². The first-order chi connectivity index (χ1) is 11.4. The van der Waals surface area contributed by atoms with Gasteiger partial charge in [-0.3, -0.25) is 10.1 Å². The van der Waals surface area contributed by atoms with Gasteiger partial charge in [0, 0.05) is 23.3 Å². The van der Waals surface area contributed by atoms with Crippen LogP contribution >= 0.6 is 0 Å². The van der Waals surface area contributed by atoms with E-state index in [1.807, 2.05) is 0 Å². The number of nitrogens with zero attached hydrogens (tertiary/aromatic N) is 3. The van der Waals surface area contributed by atoms with Crippen LogP contribution in [-0.2, 0) is 14.3 Å². The highest BCUT2D eigenvalue weighted by Gasteiger charge is 2.41. The number of ether oxygens (including phenoxy) is 2. The summed E-state index contributed by atoms with van der Waals surface area (Å²) in [4.78, 5) is 34.7. The third-order valence-corrected chi connectivity index (χ3v) is 3.39. The Hall–Kier alpha value is -3.45. The molecule has 1 atom stereocenters. The quantitative estimate of drug-likeness (QED) is 0.277. The van der Waals surface area contributed by atoms with Gasteiger partial charge in [-0.2, -0.15) is 5.26 Å². The summed E-state index contributed by atoms with van der Waals surface area (Å²) in [5.41, 5.74) is -1.13. The second kappa shape index (κ2) is 6.35. The van der Waals surface area contributed by atoms with E-state index in [4.69, 9.17) is 0 Å². The number of nitro benzene ring substituents is 1. The molecule has 0 radical (unpaired) electrons. The van der Waals surface area contributed by atoms with Crippen LogP contribution in [0, 0.1) is 21.4 Å². The van der Waals surface area contributed by atoms with E-state index in [-0.39, 0.29) is 22.5 Å². The summed E-state index contributed by atoms with van der Waals surface area (Å²) < 4.78 is 9.04. The Bertz CT molecular complexity index is 809. The number of nitro groups is 1. The van der Waals surface area contributed by atoms with Gasteiger partial charge >= 0.3 is 12.1 Å². The van der Waals surface area contributed by atoms with Crippen molar-refractivity contribution in [1.29, 1.82) is 5.26 Å². The molecule has 124 valence electrons. The van der Waals surface area contributed by atoms with E-state index in [2.05, 4.69) is 9.47 Å². The standard InChI is InChI=1S/C14H11N3O7/c1-23-13(19)9(6-15)11-8-5-7(17(21)22)3-4-10(8)16(12(11)18)14(20)24-2/h3-5,12,18H,1-2H3/b11-9-. The number of fused-ring (bicyclic) bond motifs is 1. The van der Waals surface area contributed by atoms with Crippen LogP contribution < -0.4 is 4.90 Å². The number of carbonyl (C=O) groups is 2. The van der Waals surface area contributed by atoms with Crippen LogP contribution in [0.4, 0.5) is 16.2 Å². The number of non-ortho nitro benzene ring substituents is 1. The molecule has 0 saturated heterocycles. The van der Waals surface area contributed by atoms with E-state index in [1.165, 1.54) is 6.07 Å². The molecule has 1 amide bonds. The van der Waals surface area contributed by atoms with Crippen molar-refractivity contribution in [2.75, 3.05) is 19.1 Å². The summed E-state index contributed by atoms with van der Waals surface area (Å²) >= 11 is 0. The number of aliphatic hydroxyl groups is 1. The first-order valence-electron chi connectivity index (χ1n) is 6.44. The molecule has 0 aromatic heterocycles. The Kier molecular flexibility index (Phi) is 4.47. The lowest BCUT2D eigenvalue weighted by atomic mass is 10.0. The van der Waals surface area contributed by atoms with Gasteiger partial charge in [-0.05, 0) is 6.07 Å². The molecule has 24 heavy (non-hydrogen) atoms. The minimum absolute atomic E-state index is 0.0101. The van der Waals surface area contributed by atoms with E-state index < -0.39 is 28.8 Å². The second-order valence-electron chi connectivity index (χ2n) is 4.56. The zero-order valence-corrected chi connectivity index (χ0v) is 12.5. The normalized spacial score (nSPS) is 17.6. The summed E-state index contributed by atoms with van der Waals surface area (Å²) in [6.07, 6.45) is -2.70. The number of nitriles is 1. The van der Waals surface area contributed by atoms with E-state index in [1.54, 1.807) is 6.07 Å². The summed E-state index contributed by atoms with van der Waals surface area (Å²) in [5, 5.41) is 30.5. The zero-order valence-electron chi connectivity index (χ0n) is 12.5. The van der Waals surface area contributed by atoms with Crippen LogP contribution in [0.1, 0.15) is 5.56 Å². The molecule has 2 rings (SSSR count). The van der Waals surface area contributed by atoms with Crippen LogP contribution in [0.15, 0.2) is 23.8 Å². The maximum absolute atomic E-state index is 11.9. The Labute approximate surface area is 135 Å². The first kappa shape index (κ1) is 16.9. The summed E-state index contributed by atoms with van der Waals surface area (Å²) in [7, 11) is 2.11. The summed E-state index contributed by atoms with van der Waals surface area (Å²) in [6, 6.07) is 4.98. The van der Waals surface area contributed by atoms with E-state index in [9.17, 15) is 30.1 Å². The first-order valence-corrected chi connectivity index (χ1v) is 6.44. The Morgan fingerprint density at radius 3 is 2.54 bits per heavy atom. The van der Waals surface area contributed by atoms with Crippen molar-refractivity contribution in [3.63, 3.8) is 0 Å². The molecular formula is C14H11N3O7. The van der Waals surface area contributed by atoms with Gasteiger partial charge in [-0.25, -0.2) is 14.5 Å². The lowest BCUT2D eigenvalue weighted by Gasteiger charge is -2.20. The number of methoxy groups -OCH3 is 2. The van der Waals surface area contributed by atoms with Crippen molar-refractivity contribution in [2.45, 2.75) is 6.23 Å². The third-order valence-electron chi connectivity index (χ3n) is 3.39. The zero-order chi connectivity index (χ0) is 18.0. The van der Waals surface area contributed by atoms with Gasteiger partial charge in [0.25, 0.3) is 5.69 Å². The molecule has 1 aliphatic rings. The van der Waals surface area contributed by atoms with Crippen molar-refractivity contribution in [3.8, 4) is 6.07 Å². The molecule has 0 fully saturated rings. The van der Waals surface area contributed by atoms with Gasteiger partial charge < -0.3 is 14.6 Å². The molecule has 0 bridgehead atoms. The molecule has 1 aromatic rings. The number of anilines is 1. The van der Waals surface area contributed by atoms with Gasteiger partial charge in [0.2, 0.25) is 0 Å². The highest BCUT2D eigenvalue weighted by Crippen LogP contribution is 2.43. The minimum atomic E-state index is -1.73. The molecular weight excluding hydrogens is 322 g/mol. The molecule has 0 aliphatic carbocycles. The predicted octanol–water partition coefficient (Wildman–Crippen LogP) is 0.950. The molecule has 1 aliphatic heterocycles. The predicted molar refractivity (Wildman–Crippen MR) is 78.5 cm³/mol. The van der Waals surface area contributed by atoms with Crippen LogP contribution in [-0.4, -0.2) is 42.5 Å². The average Bonchev–Trinajstić information content (AvgIpc) is 2.86. The lowest BCUT2D eigenvalue weighted by Crippen LogP contribution is -2.37. The SMILES string of the molecule is COC(=O)/C(C#N)=C1/c2cc([N+](=O)[O-])ccc2N(C(=O)OC)C1O.